The van der Waals surface area contributed by atoms with E-state index in [0.717, 1.165) is 27.3 Å². The van der Waals surface area contributed by atoms with Crippen LogP contribution in [0.25, 0.3) is 6.08 Å². The van der Waals surface area contributed by atoms with Crippen LogP contribution in [0.3, 0.4) is 0 Å². The highest BCUT2D eigenvalue weighted by Crippen LogP contribution is 2.33. The van der Waals surface area contributed by atoms with E-state index in [1.54, 1.807) is 11.8 Å². The van der Waals surface area contributed by atoms with Crippen LogP contribution in [0.5, 0.6) is 0 Å². The molecule has 0 N–H and O–H groups in total. The first-order valence-electron chi connectivity index (χ1n) is 5.97. The van der Waals surface area contributed by atoms with Gasteiger partial charge in [0, 0.05) is 26.8 Å². The van der Waals surface area contributed by atoms with Crippen LogP contribution in [-0.4, -0.2) is 11.5 Å². The van der Waals surface area contributed by atoms with E-state index in [1.807, 2.05) is 54.6 Å². The van der Waals surface area contributed by atoms with Gasteiger partial charge < -0.3 is 0 Å². The van der Waals surface area contributed by atoms with Gasteiger partial charge in [0.15, 0.2) is 5.78 Å². The molecule has 0 atom stereocenters. The third kappa shape index (κ3) is 2.60. The van der Waals surface area contributed by atoms with Crippen molar-refractivity contribution >= 4 is 35.2 Å². The molecule has 1 nitrogen and oxygen atoms in total. The molecule has 0 unspecified atom stereocenters. The zero-order valence-electron chi connectivity index (χ0n) is 10.1. The van der Waals surface area contributed by atoms with Crippen LogP contribution in [0.4, 0.5) is 0 Å². The van der Waals surface area contributed by atoms with Crippen LogP contribution in [0.2, 0.25) is 5.02 Å². The van der Waals surface area contributed by atoms with Gasteiger partial charge in [0.1, 0.15) is 0 Å². The molecule has 0 saturated heterocycles. The normalized spacial score (nSPS) is 16.5. The molecule has 1 aliphatic rings. The van der Waals surface area contributed by atoms with E-state index >= 15 is 0 Å². The van der Waals surface area contributed by atoms with Crippen molar-refractivity contribution in [1.82, 2.24) is 0 Å². The van der Waals surface area contributed by atoms with Crippen molar-refractivity contribution in [2.24, 2.45) is 0 Å². The summed E-state index contributed by atoms with van der Waals surface area (Å²) in [6.07, 6.45) is 1.95. The maximum Gasteiger partial charge on any atom is 0.191 e. The zero-order valence-corrected chi connectivity index (χ0v) is 11.7. The number of Topliss-reactive ketones (excluding diaryl/α,β-unsaturated/α-hetero) is 1. The molecule has 0 aliphatic carbocycles. The van der Waals surface area contributed by atoms with E-state index < -0.39 is 0 Å². The van der Waals surface area contributed by atoms with E-state index in [9.17, 15) is 4.79 Å². The lowest BCUT2D eigenvalue weighted by Crippen LogP contribution is -2.11. The lowest BCUT2D eigenvalue weighted by atomic mass is 10.0. The molecule has 0 radical (unpaired) electrons. The van der Waals surface area contributed by atoms with Crippen LogP contribution in [0, 0.1) is 0 Å². The predicted molar refractivity (Wildman–Crippen MR) is 80.9 cm³/mol. The summed E-state index contributed by atoms with van der Waals surface area (Å²) in [5.74, 6) is 0.850. The van der Waals surface area contributed by atoms with Gasteiger partial charge in [-0.1, -0.05) is 35.9 Å². The van der Waals surface area contributed by atoms with Gasteiger partial charge in [-0.2, -0.15) is 0 Å². The summed E-state index contributed by atoms with van der Waals surface area (Å²) in [5.41, 5.74) is 2.65. The highest BCUT2D eigenvalue weighted by atomic mass is 35.5. The minimum absolute atomic E-state index is 0.129. The molecule has 0 spiro atoms. The minimum atomic E-state index is 0.129. The van der Waals surface area contributed by atoms with E-state index in [1.165, 1.54) is 0 Å². The number of carbonyl (C=O) groups excluding carboxylic acids is 1. The quantitative estimate of drug-likeness (QED) is 0.706. The second-order valence-corrected chi connectivity index (χ2v) is 5.79. The fraction of sp³-hybridized carbons (Fsp3) is 0.0625. The first-order chi connectivity index (χ1) is 9.24. The Morgan fingerprint density at radius 1 is 1.05 bits per heavy atom. The van der Waals surface area contributed by atoms with Gasteiger partial charge in [-0.15, -0.1) is 11.8 Å². The molecule has 3 rings (SSSR count). The average molecular weight is 287 g/mol. The molecule has 19 heavy (non-hydrogen) atoms. The van der Waals surface area contributed by atoms with E-state index in [-0.39, 0.29) is 5.78 Å². The summed E-state index contributed by atoms with van der Waals surface area (Å²) in [6.45, 7) is 0. The lowest BCUT2D eigenvalue weighted by molar-refractivity contribution is 0.103. The van der Waals surface area contributed by atoms with Crippen molar-refractivity contribution in [3.05, 3.63) is 70.3 Å². The van der Waals surface area contributed by atoms with Crippen molar-refractivity contribution in [2.75, 3.05) is 5.75 Å². The van der Waals surface area contributed by atoms with Gasteiger partial charge in [0.25, 0.3) is 0 Å². The minimum Gasteiger partial charge on any atom is -0.289 e. The Kier molecular flexibility index (Phi) is 3.45. The molecule has 2 aromatic rings. The number of halogens is 1. The van der Waals surface area contributed by atoms with E-state index in [4.69, 9.17) is 11.6 Å². The highest BCUT2D eigenvalue weighted by molar-refractivity contribution is 7.99. The Morgan fingerprint density at radius 2 is 1.79 bits per heavy atom. The summed E-state index contributed by atoms with van der Waals surface area (Å²) >= 11 is 7.57. The van der Waals surface area contributed by atoms with Crippen molar-refractivity contribution < 1.29 is 4.79 Å². The standard InChI is InChI=1S/C16H11ClOS/c17-13-7-5-11(6-8-13)9-12-10-19-15-4-2-1-3-14(15)16(12)18/h1-9H,10H2/b12-9+. The molecule has 0 amide bonds. The van der Waals surface area contributed by atoms with Gasteiger partial charge in [0.2, 0.25) is 0 Å². The zero-order chi connectivity index (χ0) is 13.2. The molecule has 0 fully saturated rings. The van der Waals surface area contributed by atoms with Crippen LogP contribution in [0.15, 0.2) is 59.0 Å². The Labute approximate surface area is 121 Å². The van der Waals surface area contributed by atoms with Gasteiger partial charge >= 0.3 is 0 Å². The highest BCUT2D eigenvalue weighted by Gasteiger charge is 2.21. The number of ketones is 1. The van der Waals surface area contributed by atoms with E-state index in [2.05, 4.69) is 0 Å². The number of carbonyl (C=O) groups is 1. The summed E-state index contributed by atoms with van der Waals surface area (Å²) in [7, 11) is 0. The SMILES string of the molecule is O=C1/C(=C/c2ccc(Cl)cc2)CSc2ccccc21. The number of rotatable bonds is 1. The summed E-state index contributed by atoms with van der Waals surface area (Å²) in [5, 5.41) is 0.705. The van der Waals surface area contributed by atoms with Crippen LogP contribution in [-0.2, 0) is 0 Å². The summed E-state index contributed by atoms with van der Waals surface area (Å²) in [4.78, 5) is 13.5. The van der Waals surface area contributed by atoms with Gasteiger partial charge in [-0.3, -0.25) is 4.79 Å². The first kappa shape index (κ1) is 12.5. The smallest absolute Gasteiger partial charge is 0.191 e. The molecule has 1 heterocycles. The average Bonchev–Trinajstić information content (AvgIpc) is 2.45. The maximum atomic E-state index is 12.4. The van der Waals surface area contributed by atoms with Crippen molar-refractivity contribution in [1.29, 1.82) is 0 Å². The number of hydrogen-bond acceptors (Lipinski definition) is 2. The second kappa shape index (κ2) is 5.24. The fourth-order valence-corrected chi connectivity index (χ4v) is 3.18. The number of fused-ring (bicyclic) bond motifs is 1. The first-order valence-corrected chi connectivity index (χ1v) is 7.33. The van der Waals surface area contributed by atoms with Crippen molar-refractivity contribution in [2.45, 2.75) is 4.90 Å². The largest absolute Gasteiger partial charge is 0.289 e. The number of benzene rings is 2. The van der Waals surface area contributed by atoms with Gasteiger partial charge in [0.05, 0.1) is 0 Å². The van der Waals surface area contributed by atoms with Crippen LogP contribution in [0.1, 0.15) is 15.9 Å². The molecular formula is C16H11ClOS. The van der Waals surface area contributed by atoms with Crippen molar-refractivity contribution in [3.63, 3.8) is 0 Å². The fourth-order valence-electron chi connectivity index (χ4n) is 2.04. The molecule has 0 bridgehead atoms. The Bertz CT molecular complexity index is 659. The lowest BCUT2D eigenvalue weighted by Gasteiger charge is -2.16. The molecule has 3 heteroatoms. The second-order valence-electron chi connectivity index (χ2n) is 4.34. The Morgan fingerprint density at radius 3 is 2.58 bits per heavy atom. The number of thioether (sulfide) groups is 1. The topological polar surface area (TPSA) is 17.1 Å². The number of hydrogen-bond donors (Lipinski definition) is 0. The summed E-state index contributed by atoms with van der Waals surface area (Å²) in [6, 6.07) is 15.3. The molecule has 2 aromatic carbocycles. The molecule has 94 valence electrons. The maximum absolute atomic E-state index is 12.4. The van der Waals surface area contributed by atoms with E-state index in [0.29, 0.717) is 5.02 Å². The van der Waals surface area contributed by atoms with Gasteiger partial charge in [-0.25, -0.2) is 0 Å². The third-order valence-electron chi connectivity index (χ3n) is 3.02. The predicted octanol–water partition coefficient (Wildman–Crippen LogP) is 4.71. The van der Waals surface area contributed by atoms with Crippen LogP contribution >= 0.6 is 23.4 Å². The Balaban J connectivity index is 1.96. The molecule has 0 saturated carbocycles. The molecule has 0 aromatic heterocycles. The molecule has 1 aliphatic heterocycles. The summed E-state index contributed by atoms with van der Waals surface area (Å²) < 4.78 is 0. The van der Waals surface area contributed by atoms with Gasteiger partial charge in [-0.05, 0) is 35.9 Å². The monoisotopic (exact) mass is 286 g/mol. The third-order valence-corrected chi connectivity index (χ3v) is 4.39. The van der Waals surface area contributed by atoms with Crippen LogP contribution < -0.4 is 0 Å². The molecular weight excluding hydrogens is 276 g/mol. The Hall–Kier alpha value is -1.51. The van der Waals surface area contributed by atoms with Crippen molar-refractivity contribution in [3.8, 4) is 0 Å².